The Labute approximate surface area is 99.2 Å². The summed E-state index contributed by atoms with van der Waals surface area (Å²) in [5.41, 5.74) is 5.84. The van der Waals surface area contributed by atoms with Crippen LogP contribution in [-0.2, 0) is 10.0 Å². The van der Waals surface area contributed by atoms with Gasteiger partial charge >= 0.3 is 0 Å². The van der Waals surface area contributed by atoms with Gasteiger partial charge in [-0.15, -0.1) is 0 Å². The lowest BCUT2D eigenvalue weighted by Gasteiger charge is -2.33. The van der Waals surface area contributed by atoms with Gasteiger partial charge in [-0.05, 0) is 38.0 Å². The zero-order valence-electron chi connectivity index (χ0n) is 10.5. The van der Waals surface area contributed by atoms with Gasteiger partial charge in [0.25, 0.3) is 0 Å². The standard InChI is InChI=1S/C11H24N2O2S/c1-9(10(2)12)7-11-5-4-6-13(8-11)16(3,14)15/h9-11H,4-8,12H2,1-3H3. The van der Waals surface area contributed by atoms with Crippen LogP contribution in [0.3, 0.4) is 0 Å². The Morgan fingerprint density at radius 3 is 2.56 bits per heavy atom. The lowest BCUT2D eigenvalue weighted by molar-refractivity contribution is 0.227. The van der Waals surface area contributed by atoms with Crippen molar-refractivity contribution in [3.63, 3.8) is 0 Å². The van der Waals surface area contributed by atoms with Crippen LogP contribution in [0.25, 0.3) is 0 Å². The van der Waals surface area contributed by atoms with E-state index in [1.54, 1.807) is 4.31 Å². The van der Waals surface area contributed by atoms with Gasteiger partial charge in [0, 0.05) is 19.1 Å². The van der Waals surface area contributed by atoms with E-state index in [1.807, 2.05) is 6.92 Å². The lowest BCUT2D eigenvalue weighted by Crippen LogP contribution is -2.40. The average Bonchev–Trinajstić information content (AvgIpc) is 2.16. The second kappa shape index (κ2) is 5.47. The fourth-order valence-corrected chi connectivity index (χ4v) is 3.20. The molecule has 96 valence electrons. The maximum Gasteiger partial charge on any atom is 0.211 e. The molecule has 5 heteroatoms. The first-order chi connectivity index (χ1) is 7.30. The molecule has 0 bridgehead atoms. The normalized spacial score (nSPS) is 27.6. The van der Waals surface area contributed by atoms with E-state index in [4.69, 9.17) is 5.73 Å². The molecule has 1 aliphatic rings. The minimum atomic E-state index is -3.01. The van der Waals surface area contributed by atoms with E-state index in [1.165, 1.54) is 6.26 Å². The van der Waals surface area contributed by atoms with Crippen molar-refractivity contribution in [1.29, 1.82) is 0 Å². The molecule has 0 saturated carbocycles. The Hall–Kier alpha value is -0.130. The molecule has 0 aliphatic carbocycles. The van der Waals surface area contributed by atoms with Crippen LogP contribution in [0.15, 0.2) is 0 Å². The van der Waals surface area contributed by atoms with E-state index in [0.29, 0.717) is 24.9 Å². The van der Waals surface area contributed by atoms with Crippen molar-refractivity contribution in [2.45, 2.75) is 39.2 Å². The molecule has 1 fully saturated rings. The Kier molecular flexibility index (Phi) is 4.76. The third kappa shape index (κ3) is 4.03. The Balaban J connectivity index is 2.51. The molecule has 1 rings (SSSR count). The second-order valence-corrected chi connectivity index (χ2v) is 7.18. The third-order valence-electron chi connectivity index (χ3n) is 3.55. The summed E-state index contributed by atoms with van der Waals surface area (Å²) in [6.45, 7) is 5.52. The van der Waals surface area contributed by atoms with Gasteiger partial charge < -0.3 is 5.73 Å². The van der Waals surface area contributed by atoms with Crippen molar-refractivity contribution in [2.75, 3.05) is 19.3 Å². The SMILES string of the molecule is CC(N)C(C)CC1CCCN(S(C)(=O)=O)C1. The number of piperidine rings is 1. The first kappa shape index (κ1) is 13.9. The van der Waals surface area contributed by atoms with Crippen LogP contribution in [0.4, 0.5) is 0 Å². The smallest absolute Gasteiger partial charge is 0.211 e. The predicted molar refractivity (Wildman–Crippen MR) is 66.6 cm³/mol. The molecule has 0 amide bonds. The highest BCUT2D eigenvalue weighted by Crippen LogP contribution is 2.25. The van der Waals surface area contributed by atoms with Crippen molar-refractivity contribution < 1.29 is 8.42 Å². The molecule has 0 aromatic carbocycles. The summed E-state index contributed by atoms with van der Waals surface area (Å²) in [6.07, 6.45) is 4.43. The molecule has 1 aliphatic heterocycles. The summed E-state index contributed by atoms with van der Waals surface area (Å²) in [4.78, 5) is 0. The molecule has 0 aromatic rings. The number of hydrogen-bond acceptors (Lipinski definition) is 3. The summed E-state index contributed by atoms with van der Waals surface area (Å²) in [5.74, 6) is 0.939. The van der Waals surface area contributed by atoms with Gasteiger partial charge in [-0.2, -0.15) is 0 Å². The van der Waals surface area contributed by atoms with Gasteiger partial charge in [0.05, 0.1) is 6.26 Å². The topological polar surface area (TPSA) is 63.4 Å². The molecular formula is C11H24N2O2S. The number of nitrogens with zero attached hydrogens (tertiary/aromatic N) is 1. The average molecular weight is 248 g/mol. The first-order valence-electron chi connectivity index (χ1n) is 6.01. The van der Waals surface area contributed by atoms with E-state index in [-0.39, 0.29) is 6.04 Å². The molecule has 0 spiro atoms. The summed E-state index contributed by atoms with van der Waals surface area (Å²) in [5, 5.41) is 0. The Bertz CT molecular complexity index is 314. The van der Waals surface area contributed by atoms with Crippen LogP contribution >= 0.6 is 0 Å². The van der Waals surface area contributed by atoms with Crippen molar-refractivity contribution in [3.05, 3.63) is 0 Å². The third-order valence-corrected chi connectivity index (χ3v) is 4.82. The van der Waals surface area contributed by atoms with Crippen molar-refractivity contribution >= 4 is 10.0 Å². The van der Waals surface area contributed by atoms with E-state index < -0.39 is 10.0 Å². The van der Waals surface area contributed by atoms with Gasteiger partial charge in [-0.25, -0.2) is 12.7 Å². The lowest BCUT2D eigenvalue weighted by atomic mass is 9.87. The van der Waals surface area contributed by atoms with Crippen LogP contribution in [0.5, 0.6) is 0 Å². The van der Waals surface area contributed by atoms with Crippen LogP contribution in [0.1, 0.15) is 33.1 Å². The number of nitrogens with two attached hydrogens (primary N) is 1. The first-order valence-corrected chi connectivity index (χ1v) is 7.86. The molecule has 16 heavy (non-hydrogen) atoms. The zero-order chi connectivity index (χ0) is 12.3. The Morgan fingerprint density at radius 2 is 2.06 bits per heavy atom. The number of hydrogen-bond donors (Lipinski definition) is 1. The summed E-state index contributed by atoms with van der Waals surface area (Å²) in [6, 6.07) is 0.189. The minimum Gasteiger partial charge on any atom is -0.328 e. The second-order valence-electron chi connectivity index (χ2n) is 5.20. The van der Waals surface area contributed by atoms with Crippen LogP contribution in [0, 0.1) is 11.8 Å². The number of sulfonamides is 1. The van der Waals surface area contributed by atoms with Crippen LogP contribution < -0.4 is 5.73 Å². The zero-order valence-corrected chi connectivity index (χ0v) is 11.3. The van der Waals surface area contributed by atoms with Gasteiger partial charge in [-0.3, -0.25) is 0 Å². The molecule has 0 aromatic heterocycles. The molecular weight excluding hydrogens is 224 g/mol. The summed E-state index contributed by atoms with van der Waals surface area (Å²) in [7, 11) is -3.01. The fourth-order valence-electron chi connectivity index (χ4n) is 2.26. The monoisotopic (exact) mass is 248 g/mol. The van der Waals surface area contributed by atoms with Crippen LogP contribution in [-0.4, -0.2) is 38.1 Å². The van der Waals surface area contributed by atoms with Crippen molar-refractivity contribution in [2.24, 2.45) is 17.6 Å². The van der Waals surface area contributed by atoms with E-state index in [9.17, 15) is 8.42 Å². The van der Waals surface area contributed by atoms with E-state index >= 15 is 0 Å². The van der Waals surface area contributed by atoms with Crippen molar-refractivity contribution in [1.82, 2.24) is 4.31 Å². The molecule has 2 N–H and O–H groups in total. The quantitative estimate of drug-likeness (QED) is 0.808. The highest BCUT2D eigenvalue weighted by molar-refractivity contribution is 7.88. The maximum absolute atomic E-state index is 11.5. The van der Waals surface area contributed by atoms with Gasteiger partial charge in [0.15, 0.2) is 0 Å². The number of rotatable bonds is 4. The highest BCUT2D eigenvalue weighted by atomic mass is 32.2. The molecule has 0 radical (unpaired) electrons. The predicted octanol–water partition coefficient (Wildman–Crippen LogP) is 1.03. The fraction of sp³-hybridized carbons (Fsp3) is 1.00. The van der Waals surface area contributed by atoms with E-state index in [0.717, 1.165) is 19.3 Å². The minimum absolute atomic E-state index is 0.189. The Morgan fingerprint density at radius 1 is 1.44 bits per heavy atom. The largest absolute Gasteiger partial charge is 0.328 e. The van der Waals surface area contributed by atoms with Gasteiger partial charge in [0.2, 0.25) is 10.0 Å². The van der Waals surface area contributed by atoms with Crippen molar-refractivity contribution in [3.8, 4) is 0 Å². The summed E-state index contributed by atoms with van der Waals surface area (Å²) >= 11 is 0. The molecule has 3 unspecified atom stereocenters. The maximum atomic E-state index is 11.5. The molecule has 1 saturated heterocycles. The van der Waals surface area contributed by atoms with Gasteiger partial charge in [-0.1, -0.05) is 6.92 Å². The van der Waals surface area contributed by atoms with E-state index in [2.05, 4.69) is 6.92 Å². The molecule has 3 atom stereocenters. The molecule has 1 heterocycles. The van der Waals surface area contributed by atoms with Gasteiger partial charge in [0.1, 0.15) is 0 Å². The summed E-state index contributed by atoms with van der Waals surface area (Å²) < 4.78 is 24.5. The molecule has 4 nitrogen and oxygen atoms in total. The van der Waals surface area contributed by atoms with Crippen LogP contribution in [0.2, 0.25) is 0 Å². The highest BCUT2D eigenvalue weighted by Gasteiger charge is 2.27.